The highest BCUT2D eigenvalue weighted by Gasteiger charge is 2.38. The van der Waals surface area contributed by atoms with Crippen molar-refractivity contribution in [3.05, 3.63) is 47.5 Å². The molecule has 1 heterocycles. The summed E-state index contributed by atoms with van der Waals surface area (Å²) in [6.07, 6.45) is 5.60. The van der Waals surface area contributed by atoms with Gasteiger partial charge in [0.05, 0.1) is 6.04 Å². The number of amides is 1. The molecule has 2 rings (SSSR count). The molecule has 2 nitrogen and oxygen atoms in total. The van der Waals surface area contributed by atoms with Crippen molar-refractivity contribution in [1.82, 2.24) is 4.90 Å². The van der Waals surface area contributed by atoms with Crippen LogP contribution in [0.2, 0.25) is 5.02 Å². The summed E-state index contributed by atoms with van der Waals surface area (Å²) < 4.78 is 0. The van der Waals surface area contributed by atoms with E-state index in [-0.39, 0.29) is 18.0 Å². The zero-order valence-corrected chi connectivity index (χ0v) is 16.3. The van der Waals surface area contributed by atoms with Crippen molar-refractivity contribution < 1.29 is 4.79 Å². The summed E-state index contributed by atoms with van der Waals surface area (Å²) in [7, 11) is 0. The first-order valence-corrected chi connectivity index (χ1v) is 10.4. The van der Waals surface area contributed by atoms with E-state index < -0.39 is 0 Å². The Labute approximate surface area is 155 Å². The lowest BCUT2D eigenvalue weighted by molar-refractivity contribution is -0.144. The van der Waals surface area contributed by atoms with Gasteiger partial charge in [-0.05, 0) is 49.1 Å². The van der Waals surface area contributed by atoms with Gasteiger partial charge in [0.25, 0.3) is 0 Å². The van der Waals surface area contributed by atoms with Crippen molar-refractivity contribution >= 4 is 29.3 Å². The minimum atomic E-state index is 0.0896. The first kappa shape index (κ1) is 19.4. The third kappa shape index (κ3) is 4.58. The largest absolute Gasteiger partial charge is 0.332 e. The lowest BCUT2D eigenvalue weighted by Crippen LogP contribution is -2.49. The molecule has 1 aromatic rings. The molecule has 4 heteroatoms. The molecule has 1 saturated heterocycles. The van der Waals surface area contributed by atoms with Gasteiger partial charge in [-0.25, -0.2) is 0 Å². The molecule has 0 spiro atoms. The van der Waals surface area contributed by atoms with E-state index >= 15 is 0 Å². The van der Waals surface area contributed by atoms with Crippen LogP contribution in [0.1, 0.15) is 51.1 Å². The Hall–Kier alpha value is -0.930. The number of hydrogen-bond donors (Lipinski definition) is 0. The Kier molecular flexibility index (Phi) is 7.70. The maximum Gasteiger partial charge on any atom is 0.226 e. The second-order valence-corrected chi connectivity index (χ2v) is 8.09. The van der Waals surface area contributed by atoms with E-state index in [2.05, 4.69) is 37.5 Å². The maximum atomic E-state index is 13.2. The molecule has 1 unspecified atom stereocenters. The van der Waals surface area contributed by atoms with Crippen molar-refractivity contribution in [1.29, 1.82) is 0 Å². The third-order valence-electron chi connectivity index (χ3n) is 4.81. The first-order chi connectivity index (χ1) is 11.6. The topological polar surface area (TPSA) is 20.3 Å². The SMILES string of the molecule is C=CC[C@H]1CCC(c2ccc(Cl)cc2)N([C@@H](CC)CSCC)C1=O. The molecule has 1 fully saturated rings. The Morgan fingerprint density at radius 1 is 1.33 bits per heavy atom. The number of piperidine rings is 1. The van der Waals surface area contributed by atoms with E-state index in [0.717, 1.165) is 42.2 Å². The number of rotatable bonds is 8. The Bertz CT molecular complexity index is 545. The Morgan fingerprint density at radius 3 is 2.62 bits per heavy atom. The van der Waals surface area contributed by atoms with Crippen molar-refractivity contribution in [3.63, 3.8) is 0 Å². The van der Waals surface area contributed by atoms with E-state index in [4.69, 9.17) is 11.6 Å². The molecule has 0 saturated carbocycles. The molecule has 132 valence electrons. The number of thioether (sulfide) groups is 1. The highest BCUT2D eigenvalue weighted by molar-refractivity contribution is 7.99. The van der Waals surface area contributed by atoms with Crippen LogP contribution in [0.25, 0.3) is 0 Å². The van der Waals surface area contributed by atoms with Crippen LogP contribution >= 0.6 is 23.4 Å². The van der Waals surface area contributed by atoms with Gasteiger partial charge in [-0.1, -0.05) is 43.7 Å². The lowest BCUT2D eigenvalue weighted by Gasteiger charge is -2.44. The molecule has 0 bridgehead atoms. The minimum absolute atomic E-state index is 0.0896. The van der Waals surface area contributed by atoms with E-state index in [1.54, 1.807) is 0 Å². The molecule has 0 N–H and O–H groups in total. The van der Waals surface area contributed by atoms with Crippen LogP contribution in [0.5, 0.6) is 0 Å². The van der Waals surface area contributed by atoms with Crippen LogP contribution in [-0.2, 0) is 4.79 Å². The summed E-state index contributed by atoms with van der Waals surface area (Å²) in [5, 5.41) is 0.741. The van der Waals surface area contributed by atoms with Crippen molar-refractivity contribution in [2.75, 3.05) is 11.5 Å². The predicted molar refractivity (Wildman–Crippen MR) is 106 cm³/mol. The number of likely N-dealkylation sites (tertiary alicyclic amines) is 1. The van der Waals surface area contributed by atoms with Crippen molar-refractivity contribution in [3.8, 4) is 0 Å². The van der Waals surface area contributed by atoms with Crippen LogP contribution in [0.15, 0.2) is 36.9 Å². The molecule has 1 amide bonds. The van der Waals surface area contributed by atoms with Gasteiger partial charge in [0, 0.05) is 22.7 Å². The monoisotopic (exact) mass is 365 g/mol. The second-order valence-electron chi connectivity index (χ2n) is 6.33. The molecule has 3 atom stereocenters. The zero-order chi connectivity index (χ0) is 17.5. The Balaban J connectivity index is 2.30. The molecule has 0 aromatic heterocycles. The van der Waals surface area contributed by atoms with Gasteiger partial charge in [0.1, 0.15) is 0 Å². The summed E-state index contributed by atoms with van der Waals surface area (Å²) in [6, 6.07) is 8.45. The van der Waals surface area contributed by atoms with Gasteiger partial charge in [-0.3, -0.25) is 4.79 Å². The highest BCUT2D eigenvalue weighted by atomic mass is 35.5. The highest BCUT2D eigenvalue weighted by Crippen LogP contribution is 2.38. The summed E-state index contributed by atoms with van der Waals surface area (Å²) in [5.74, 6) is 2.47. The zero-order valence-electron chi connectivity index (χ0n) is 14.7. The molecule has 24 heavy (non-hydrogen) atoms. The smallest absolute Gasteiger partial charge is 0.226 e. The van der Waals surface area contributed by atoms with E-state index in [0.29, 0.717) is 5.91 Å². The van der Waals surface area contributed by atoms with Gasteiger partial charge in [0.2, 0.25) is 5.91 Å². The Morgan fingerprint density at radius 2 is 2.04 bits per heavy atom. The maximum absolute atomic E-state index is 13.2. The normalized spacial score (nSPS) is 22.5. The van der Waals surface area contributed by atoms with Gasteiger partial charge in [-0.2, -0.15) is 11.8 Å². The summed E-state index contributed by atoms with van der Waals surface area (Å²) >= 11 is 7.96. The lowest BCUT2D eigenvalue weighted by atomic mass is 9.85. The van der Waals surface area contributed by atoms with Gasteiger partial charge >= 0.3 is 0 Å². The molecule has 0 radical (unpaired) electrons. The van der Waals surface area contributed by atoms with E-state index in [1.165, 1.54) is 5.56 Å². The van der Waals surface area contributed by atoms with Crippen molar-refractivity contribution in [2.24, 2.45) is 5.92 Å². The van der Waals surface area contributed by atoms with Crippen LogP contribution in [0, 0.1) is 5.92 Å². The average Bonchev–Trinajstić information content (AvgIpc) is 2.59. The number of halogens is 1. The second kappa shape index (κ2) is 9.53. The minimum Gasteiger partial charge on any atom is -0.332 e. The molecule has 1 aromatic carbocycles. The number of nitrogens with zero attached hydrogens (tertiary/aromatic N) is 1. The molecule has 1 aliphatic heterocycles. The number of carbonyl (C=O) groups is 1. The van der Waals surface area contributed by atoms with Gasteiger partial charge < -0.3 is 4.90 Å². The molecule has 1 aliphatic rings. The van der Waals surface area contributed by atoms with Gasteiger partial charge in [-0.15, -0.1) is 6.58 Å². The summed E-state index contributed by atoms with van der Waals surface area (Å²) in [4.78, 5) is 15.3. The number of benzene rings is 1. The fraction of sp³-hybridized carbons (Fsp3) is 0.550. The molecular weight excluding hydrogens is 338 g/mol. The number of carbonyl (C=O) groups excluding carboxylic acids is 1. The standard InChI is InChI=1S/C20H28ClNOS/c1-4-7-16-10-13-19(15-8-11-17(21)12-9-15)22(20(16)23)18(5-2)14-24-6-3/h4,8-9,11-12,16,18-19H,1,5-7,10,13-14H2,2-3H3/t16-,18-,19?/m0/s1. The van der Waals surface area contributed by atoms with E-state index in [1.807, 2.05) is 30.0 Å². The molecule has 0 aliphatic carbocycles. The van der Waals surface area contributed by atoms with Crippen molar-refractivity contribution in [2.45, 2.75) is 51.6 Å². The fourth-order valence-corrected chi connectivity index (χ4v) is 4.53. The summed E-state index contributed by atoms with van der Waals surface area (Å²) in [5.41, 5.74) is 1.20. The quantitative estimate of drug-likeness (QED) is 0.548. The number of hydrogen-bond acceptors (Lipinski definition) is 2. The van der Waals surface area contributed by atoms with Gasteiger partial charge in [0.15, 0.2) is 0 Å². The fourth-order valence-electron chi connectivity index (χ4n) is 3.50. The van der Waals surface area contributed by atoms with E-state index in [9.17, 15) is 4.79 Å². The molecular formula is C20H28ClNOS. The van der Waals surface area contributed by atoms with Crippen LogP contribution in [-0.4, -0.2) is 28.4 Å². The average molecular weight is 366 g/mol. The first-order valence-electron chi connectivity index (χ1n) is 8.88. The van der Waals surface area contributed by atoms with Crippen LogP contribution in [0.3, 0.4) is 0 Å². The number of allylic oxidation sites excluding steroid dienone is 1. The third-order valence-corrected chi connectivity index (χ3v) is 6.09. The summed E-state index contributed by atoms with van der Waals surface area (Å²) in [6.45, 7) is 8.18. The van der Waals surface area contributed by atoms with Crippen LogP contribution < -0.4 is 0 Å². The van der Waals surface area contributed by atoms with Crippen LogP contribution in [0.4, 0.5) is 0 Å². The predicted octanol–water partition coefficient (Wildman–Crippen LogP) is 5.73.